The summed E-state index contributed by atoms with van der Waals surface area (Å²) in [4.78, 5) is 11.3. The first kappa shape index (κ1) is 12.8. The lowest BCUT2D eigenvalue weighted by molar-refractivity contribution is 0.0957. The maximum absolute atomic E-state index is 11.3. The Kier molecular flexibility index (Phi) is 4.12. The molecule has 2 rings (SSSR count). The molecule has 1 aliphatic carbocycles. The van der Waals surface area contributed by atoms with Crippen LogP contribution >= 0.6 is 0 Å². The Morgan fingerprint density at radius 2 is 2.06 bits per heavy atom. The summed E-state index contributed by atoms with van der Waals surface area (Å²) in [6.45, 7) is 2.18. The molecule has 0 aliphatic heterocycles. The first-order valence-corrected chi connectivity index (χ1v) is 6.53. The van der Waals surface area contributed by atoms with Crippen LogP contribution in [0.4, 0.5) is 5.82 Å². The highest BCUT2D eigenvalue weighted by Crippen LogP contribution is 2.28. The fourth-order valence-electron chi connectivity index (χ4n) is 2.47. The van der Waals surface area contributed by atoms with E-state index in [4.69, 9.17) is 0 Å². The molecule has 5 heteroatoms. The molecule has 1 atom stereocenters. The highest BCUT2D eigenvalue weighted by atomic mass is 16.1. The normalized spacial score (nSPS) is 17.4. The SMILES string of the molecule is CNC(=O)c1ccc(NC(C)C2CCCC2)nn1. The van der Waals surface area contributed by atoms with Gasteiger partial charge in [-0.15, -0.1) is 10.2 Å². The van der Waals surface area contributed by atoms with E-state index in [9.17, 15) is 4.79 Å². The van der Waals surface area contributed by atoms with E-state index in [0.29, 0.717) is 11.7 Å². The summed E-state index contributed by atoms with van der Waals surface area (Å²) in [5, 5.41) is 13.8. The minimum atomic E-state index is -0.210. The van der Waals surface area contributed by atoms with Gasteiger partial charge in [0.2, 0.25) is 0 Å². The van der Waals surface area contributed by atoms with Crippen LogP contribution in [0.3, 0.4) is 0 Å². The topological polar surface area (TPSA) is 66.9 Å². The maximum atomic E-state index is 11.3. The summed E-state index contributed by atoms with van der Waals surface area (Å²) in [5.74, 6) is 1.25. The smallest absolute Gasteiger partial charge is 0.271 e. The second kappa shape index (κ2) is 5.80. The fourth-order valence-corrected chi connectivity index (χ4v) is 2.47. The summed E-state index contributed by atoms with van der Waals surface area (Å²) in [7, 11) is 1.58. The third-order valence-electron chi connectivity index (χ3n) is 3.61. The summed E-state index contributed by atoms with van der Waals surface area (Å²) in [6, 6.07) is 3.91. The van der Waals surface area contributed by atoms with Crippen molar-refractivity contribution in [3.05, 3.63) is 17.8 Å². The van der Waals surface area contributed by atoms with Crippen molar-refractivity contribution >= 4 is 11.7 Å². The molecule has 1 amide bonds. The van der Waals surface area contributed by atoms with Gasteiger partial charge in [0.05, 0.1) is 0 Å². The maximum Gasteiger partial charge on any atom is 0.271 e. The molecule has 0 radical (unpaired) electrons. The predicted molar refractivity (Wildman–Crippen MR) is 70.5 cm³/mol. The van der Waals surface area contributed by atoms with Gasteiger partial charge < -0.3 is 10.6 Å². The summed E-state index contributed by atoms with van der Waals surface area (Å²) >= 11 is 0. The average Bonchev–Trinajstić information content (AvgIpc) is 2.92. The number of nitrogens with zero attached hydrogens (tertiary/aromatic N) is 2. The zero-order valence-corrected chi connectivity index (χ0v) is 10.9. The number of carbonyl (C=O) groups excluding carboxylic acids is 1. The van der Waals surface area contributed by atoms with E-state index in [2.05, 4.69) is 27.8 Å². The lowest BCUT2D eigenvalue weighted by atomic mass is 10.00. The molecule has 0 aromatic carbocycles. The van der Waals surface area contributed by atoms with Crippen LogP contribution in [0.15, 0.2) is 12.1 Å². The number of carbonyl (C=O) groups is 1. The number of hydrogen-bond acceptors (Lipinski definition) is 4. The highest BCUT2D eigenvalue weighted by molar-refractivity contribution is 5.91. The number of amides is 1. The van der Waals surface area contributed by atoms with Crippen molar-refractivity contribution in [3.63, 3.8) is 0 Å². The molecular weight excluding hydrogens is 228 g/mol. The predicted octanol–water partition coefficient (Wildman–Crippen LogP) is 1.83. The minimum Gasteiger partial charge on any atom is -0.366 e. The number of nitrogens with one attached hydrogen (secondary N) is 2. The molecule has 18 heavy (non-hydrogen) atoms. The largest absolute Gasteiger partial charge is 0.366 e. The number of aromatic nitrogens is 2. The van der Waals surface area contributed by atoms with Gasteiger partial charge >= 0.3 is 0 Å². The molecular formula is C13H20N4O. The Hall–Kier alpha value is -1.65. The van der Waals surface area contributed by atoms with Crippen LogP contribution in [-0.4, -0.2) is 29.2 Å². The molecule has 5 nitrogen and oxygen atoms in total. The Morgan fingerprint density at radius 1 is 1.33 bits per heavy atom. The van der Waals surface area contributed by atoms with Gasteiger partial charge in [0, 0.05) is 13.1 Å². The number of anilines is 1. The monoisotopic (exact) mass is 248 g/mol. The van der Waals surface area contributed by atoms with Gasteiger partial charge in [0.15, 0.2) is 5.69 Å². The molecule has 0 bridgehead atoms. The molecule has 0 saturated heterocycles. The van der Waals surface area contributed by atoms with Gasteiger partial charge in [-0.3, -0.25) is 4.79 Å². The molecule has 1 aromatic heterocycles. The molecule has 1 aliphatic rings. The highest BCUT2D eigenvalue weighted by Gasteiger charge is 2.21. The lowest BCUT2D eigenvalue weighted by Gasteiger charge is -2.20. The van der Waals surface area contributed by atoms with E-state index in [-0.39, 0.29) is 5.91 Å². The third-order valence-corrected chi connectivity index (χ3v) is 3.61. The van der Waals surface area contributed by atoms with Gasteiger partial charge in [0.25, 0.3) is 5.91 Å². The Labute approximate surface area is 107 Å². The molecule has 0 spiro atoms. The minimum absolute atomic E-state index is 0.210. The molecule has 1 saturated carbocycles. The van der Waals surface area contributed by atoms with Crippen LogP contribution in [-0.2, 0) is 0 Å². The second-order valence-electron chi connectivity index (χ2n) is 4.86. The summed E-state index contributed by atoms with van der Waals surface area (Å²) in [5.41, 5.74) is 0.344. The standard InChI is InChI=1S/C13H20N4O/c1-9(10-5-3-4-6-10)15-12-8-7-11(16-17-12)13(18)14-2/h7-10H,3-6H2,1-2H3,(H,14,18)(H,15,17). The van der Waals surface area contributed by atoms with Gasteiger partial charge in [0.1, 0.15) is 5.82 Å². The first-order chi connectivity index (χ1) is 8.70. The number of hydrogen-bond donors (Lipinski definition) is 2. The van der Waals surface area contributed by atoms with Crippen molar-refractivity contribution in [1.29, 1.82) is 0 Å². The van der Waals surface area contributed by atoms with Gasteiger partial charge in [-0.2, -0.15) is 0 Å². The first-order valence-electron chi connectivity index (χ1n) is 6.53. The second-order valence-corrected chi connectivity index (χ2v) is 4.86. The van der Waals surface area contributed by atoms with E-state index >= 15 is 0 Å². The van der Waals surface area contributed by atoms with Crippen LogP contribution in [0.5, 0.6) is 0 Å². The Balaban J connectivity index is 1.95. The quantitative estimate of drug-likeness (QED) is 0.853. The lowest BCUT2D eigenvalue weighted by Crippen LogP contribution is -2.25. The van der Waals surface area contributed by atoms with Crippen LogP contribution in [0.2, 0.25) is 0 Å². The van der Waals surface area contributed by atoms with E-state index in [1.165, 1.54) is 25.7 Å². The van der Waals surface area contributed by atoms with Crippen molar-refractivity contribution in [1.82, 2.24) is 15.5 Å². The molecule has 1 aromatic rings. The van der Waals surface area contributed by atoms with Crippen LogP contribution in [0.25, 0.3) is 0 Å². The van der Waals surface area contributed by atoms with E-state index in [1.54, 1.807) is 13.1 Å². The summed E-state index contributed by atoms with van der Waals surface area (Å²) < 4.78 is 0. The van der Waals surface area contributed by atoms with Crippen LogP contribution in [0, 0.1) is 5.92 Å². The van der Waals surface area contributed by atoms with Crippen molar-refractivity contribution in [3.8, 4) is 0 Å². The van der Waals surface area contributed by atoms with Gasteiger partial charge in [-0.25, -0.2) is 0 Å². The van der Waals surface area contributed by atoms with Crippen molar-refractivity contribution in [2.24, 2.45) is 5.92 Å². The molecule has 1 unspecified atom stereocenters. The fraction of sp³-hybridized carbons (Fsp3) is 0.615. The zero-order chi connectivity index (χ0) is 13.0. The van der Waals surface area contributed by atoms with E-state index < -0.39 is 0 Å². The van der Waals surface area contributed by atoms with E-state index in [1.807, 2.05) is 6.07 Å². The average molecular weight is 248 g/mol. The third kappa shape index (κ3) is 2.97. The molecule has 1 fully saturated rings. The molecule has 98 valence electrons. The van der Waals surface area contributed by atoms with Crippen molar-refractivity contribution < 1.29 is 4.79 Å². The van der Waals surface area contributed by atoms with Gasteiger partial charge in [-0.1, -0.05) is 12.8 Å². The van der Waals surface area contributed by atoms with E-state index in [0.717, 1.165) is 11.7 Å². The van der Waals surface area contributed by atoms with Crippen LogP contribution in [0.1, 0.15) is 43.1 Å². The zero-order valence-electron chi connectivity index (χ0n) is 10.9. The number of rotatable bonds is 4. The Bertz CT molecular complexity index is 398. The van der Waals surface area contributed by atoms with Crippen molar-refractivity contribution in [2.45, 2.75) is 38.6 Å². The van der Waals surface area contributed by atoms with Gasteiger partial charge in [-0.05, 0) is 37.8 Å². The molecule has 2 N–H and O–H groups in total. The van der Waals surface area contributed by atoms with Crippen molar-refractivity contribution in [2.75, 3.05) is 12.4 Å². The molecule has 1 heterocycles. The Morgan fingerprint density at radius 3 is 2.61 bits per heavy atom. The summed E-state index contributed by atoms with van der Waals surface area (Å²) in [6.07, 6.45) is 5.24. The van der Waals surface area contributed by atoms with Crippen LogP contribution < -0.4 is 10.6 Å².